The van der Waals surface area contributed by atoms with E-state index in [0.717, 1.165) is 40.5 Å². The molecule has 6 rings (SSSR count). The Morgan fingerprint density at radius 1 is 1.02 bits per heavy atom. The number of tetrazole rings is 1. The molecule has 0 amide bonds. The number of guanidine groups is 1. The van der Waals surface area contributed by atoms with Gasteiger partial charge in [-0.25, -0.2) is 18.1 Å². The van der Waals surface area contributed by atoms with Crippen molar-refractivity contribution in [2.75, 3.05) is 13.6 Å². The summed E-state index contributed by atoms with van der Waals surface area (Å²) in [6.45, 7) is 0.473. The van der Waals surface area contributed by atoms with E-state index < -0.39 is 26.7 Å². The number of halogens is 4. The van der Waals surface area contributed by atoms with E-state index in [1.54, 1.807) is 24.3 Å². The van der Waals surface area contributed by atoms with Crippen LogP contribution in [0.4, 0.5) is 13.2 Å². The lowest BCUT2D eigenvalue weighted by Crippen LogP contribution is -2.41. The Morgan fingerprint density at radius 3 is 2.46 bits per heavy atom. The van der Waals surface area contributed by atoms with Gasteiger partial charge in [0.1, 0.15) is 12.4 Å². The maximum absolute atomic E-state index is 13.3. The lowest BCUT2D eigenvalue weighted by atomic mass is 9.90. The second-order valence-electron chi connectivity index (χ2n) is 10.6. The molecule has 0 bridgehead atoms. The monoisotopic (exact) mass is 694 g/mol. The van der Waals surface area contributed by atoms with Crippen molar-refractivity contribution < 1.29 is 26.3 Å². The summed E-state index contributed by atoms with van der Waals surface area (Å²) in [6.07, 6.45) is -4.71. The molecule has 16 heteroatoms. The second-order valence-corrected chi connectivity index (χ2v) is 12.7. The Morgan fingerprint density at radius 2 is 1.77 bits per heavy atom. The summed E-state index contributed by atoms with van der Waals surface area (Å²) in [5, 5.41) is 20.6. The Kier molecular flexibility index (Phi) is 9.15. The van der Waals surface area contributed by atoms with Crippen LogP contribution in [-0.4, -0.2) is 59.3 Å². The third-order valence-electron chi connectivity index (χ3n) is 7.43. The third kappa shape index (κ3) is 7.31. The van der Waals surface area contributed by atoms with Gasteiger partial charge in [-0.05, 0) is 70.4 Å². The van der Waals surface area contributed by atoms with Crippen LogP contribution >= 0.6 is 11.6 Å². The summed E-state index contributed by atoms with van der Waals surface area (Å²) < 4.78 is 74.6. The van der Waals surface area contributed by atoms with E-state index in [1.165, 1.54) is 12.1 Å². The molecular weight excluding hydrogens is 669 g/mol. The van der Waals surface area contributed by atoms with Crippen molar-refractivity contribution in [3.8, 4) is 17.1 Å². The van der Waals surface area contributed by atoms with Gasteiger partial charge < -0.3 is 4.74 Å². The van der Waals surface area contributed by atoms with E-state index in [2.05, 4.69) is 30.3 Å². The topological polar surface area (TPSA) is 138 Å². The maximum Gasteiger partial charge on any atom is 0.416 e. The molecule has 0 fully saturated rings. The molecule has 48 heavy (non-hydrogen) atoms. The lowest BCUT2D eigenvalue weighted by Gasteiger charge is -2.19. The van der Waals surface area contributed by atoms with Gasteiger partial charge in [0.2, 0.25) is 11.8 Å². The molecule has 11 nitrogen and oxygen atoms in total. The normalized spacial score (nSPS) is 15.4. The van der Waals surface area contributed by atoms with E-state index >= 15 is 0 Å². The number of ether oxygens (including phenoxy) is 1. The standard InChI is InChI=1S/C32H26ClF3N8O3S/c1-37-31(41-48(45,46)27-7-3-6-24(17-27)32(34,35)36)44-18-28(29(40-44)22-8-12-25(33)13-9-22)21-10-14-26(15-11-21)47-19-20-4-2-5-23(16-20)30-38-42-43-39-30/h2-17,28H,18-19H2,1H3,(H,37,41)(H,38,39,42,43). The average Bonchev–Trinajstić information content (AvgIpc) is 3.78. The summed E-state index contributed by atoms with van der Waals surface area (Å²) in [5.41, 5.74) is 2.82. The number of aromatic amines is 1. The summed E-state index contributed by atoms with van der Waals surface area (Å²) >= 11 is 6.13. The molecule has 0 saturated heterocycles. The first kappa shape index (κ1) is 32.7. The Labute approximate surface area is 278 Å². The van der Waals surface area contributed by atoms with Crippen molar-refractivity contribution in [2.45, 2.75) is 23.6 Å². The zero-order valence-corrected chi connectivity index (χ0v) is 26.6. The summed E-state index contributed by atoms with van der Waals surface area (Å²) in [4.78, 5) is 3.52. The van der Waals surface area contributed by atoms with Crippen LogP contribution in [0.3, 0.4) is 0 Å². The van der Waals surface area contributed by atoms with Crippen LogP contribution in [0.2, 0.25) is 5.02 Å². The lowest BCUT2D eigenvalue weighted by molar-refractivity contribution is -0.137. The highest BCUT2D eigenvalue weighted by molar-refractivity contribution is 7.90. The van der Waals surface area contributed by atoms with Crippen LogP contribution in [-0.2, 0) is 22.8 Å². The van der Waals surface area contributed by atoms with Gasteiger partial charge in [0.25, 0.3) is 10.0 Å². The van der Waals surface area contributed by atoms with Gasteiger partial charge in [-0.3, -0.25) is 4.99 Å². The molecule has 1 aliphatic rings. The number of hydrogen-bond donors (Lipinski definition) is 2. The molecule has 246 valence electrons. The zero-order chi connectivity index (χ0) is 33.9. The number of nitrogens with one attached hydrogen (secondary N) is 2. The minimum atomic E-state index is -4.71. The highest BCUT2D eigenvalue weighted by Crippen LogP contribution is 2.32. The molecule has 5 aromatic rings. The first-order valence-corrected chi connectivity index (χ1v) is 16.2. The quantitative estimate of drug-likeness (QED) is 0.153. The first-order valence-electron chi connectivity index (χ1n) is 14.3. The maximum atomic E-state index is 13.3. The average molecular weight is 695 g/mol. The Hall–Kier alpha value is -5.28. The van der Waals surface area contributed by atoms with Crippen LogP contribution in [0.15, 0.2) is 112 Å². The van der Waals surface area contributed by atoms with E-state index in [-0.39, 0.29) is 18.4 Å². The fourth-order valence-electron chi connectivity index (χ4n) is 5.06. The summed E-state index contributed by atoms with van der Waals surface area (Å²) in [6, 6.07) is 25.5. The first-order chi connectivity index (χ1) is 23.0. The second kappa shape index (κ2) is 13.4. The smallest absolute Gasteiger partial charge is 0.416 e. The molecule has 2 N–H and O–H groups in total. The van der Waals surface area contributed by atoms with Gasteiger partial charge in [0.05, 0.1) is 22.7 Å². The molecule has 1 aromatic heterocycles. The van der Waals surface area contributed by atoms with E-state index in [9.17, 15) is 21.6 Å². The van der Waals surface area contributed by atoms with Gasteiger partial charge >= 0.3 is 6.18 Å². The highest BCUT2D eigenvalue weighted by atomic mass is 35.5. The van der Waals surface area contributed by atoms with E-state index in [1.807, 2.05) is 48.5 Å². The van der Waals surface area contributed by atoms with Gasteiger partial charge in [-0.15, -0.1) is 10.2 Å². The summed E-state index contributed by atoms with van der Waals surface area (Å²) in [5.74, 6) is 0.587. The largest absolute Gasteiger partial charge is 0.489 e. The number of alkyl halides is 3. The van der Waals surface area contributed by atoms with Crippen molar-refractivity contribution in [1.82, 2.24) is 30.4 Å². The number of nitrogens with zero attached hydrogens (tertiary/aromatic N) is 6. The third-order valence-corrected chi connectivity index (χ3v) is 9.00. The molecule has 1 atom stereocenters. The van der Waals surface area contributed by atoms with Crippen molar-refractivity contribution >= 4 is 33.3 Å². The zero-order valence-electron chi connectivity index (χ0n) is 25.1. The van der Waals surface area contributed by atoms with E-state index in [4.69, 9.17) is 21.4 Å². The molecule has 0 spiro atoms. The SMILES string of the molecule is CN=C(NS(=O)(=O)c1cccc(C(F)(F)F)c1)N1CC(c2ccc(OCc3cccc(-c4nn[nH]n4)c3)cc2)C(c2ccc(Cl)cc2)=N1. The van der Waals surface area contributed by atoms with Gasteiger partial charge in [0.15, 0.2) is 0 Å². The number of rotatable bonds is 8. The number of H-pyrrole nitrogens is 1. The van der Waals surface area contributed by atoms with Gasteiger partial charge in [-0.1, -0.05) is 60.1 Å². The highest BCUT2D eigenvalue weighted by Gasteiger charge is 2.34. The minimum Gasteiger partial charge on any atom is -0.489 e. The summed E-state index contributed by atoms with van der Waals surface area (Å²) in [7, 11) is -3.09. The predicted molar refractivity (Wildman–Crippen MR) is 173 cm³/mol. The van der Waals surface area contributed by atoms with Crippen LogP contribution in [0.1, 0.15) is 28.2 Å². The van der Waals surface area contributed by atoms with Gasteiger partial charge in [-0.2, -0.15) is 23.5 Å². The van der Waals surface area contributed by atoms with Crippen molar-refractivity contribution in [3.63, 3.8) is 0 Å². The van der Waals surface area contributed by atoms with Crippen LogP contribution < -0.4 is 9.46 Å². The number of aliphatic imine (C=N–C) groups is 1. The molecule has 4 aromatic carbocycles. The fourth-order valence-corrected chi connectivity index (χ4v) is 6.28. The van der Waals surface area contributed by atoms with Crippen LogP contribution in [0, 0.1) is 0 Å². The Balaban J connectivity index is 1.21. The van der Waals surface area contributed by atoms with E-state index in [0.29, 0.717) is 35.0 Å². The van der Waals surface area contributed by atoms with Crippen LogP contribution in [0.5, 0.6) is 5.75 Å². The van der Waals surface area contributed by atoms with Crippen molar-refractivity contribution in [2.24, 2.45) is 10.1 Å². The number of aromatic nitrogens is 4. The Bertz CT molecular complexity index is 2070. The molecule has 1 unspecified atom stereocenters. The predicted octanol–water partition coefficient (Wildman–Crippen LogP) is 5.89. The molecule has 1 aliphatic heterocycles. The van der Waals surface area contributed by atoms with Crippen molar-refractivity contribution in [1.29, 1.82) is 0 Å². The molecule has 0 radical (unpaired) electrons. The number of benzene rings is 4. The molecule has 0 saturated carbocycles. The number of sulfonamides is 1. The molecule has 2 heterocycles. The molecule has 0 aliphatic carbocycles. The number of hydrazone groups is 1. The van der Waals surface area contributed by atoms with Crippen molar-refractivity contribution in [3.05, 3.63) is 124 Å². The molecular formula is C32H26ClF3N8O3S. The van der Waals surface area contributed by atoms with Gasteiger partial charge in [0, 0.05) is 23.6 Å². The minimum absolute atomic E-state index is 0.163. The number of hydrogen-bond acceptors (Lipinski definition) is 8. The fraction of sp³-hybridized carbons (Fsp3) is 0.156. The van der Waals surface area contributed by atoms with Crippen LogP contribution in [0.25, 0.3) is 11.4 Å².